The minimum atomic E-state index is 0.426. The lowest BCUT2D eigenvalue weighted by molar-refractivity contribution is 1.07. The molecule has 88 valence electrons. The molecule has 2 aromatic carbocycles. The standard InChI is InChI=1S/C13H10Cl3N/c14-9-5-4-8(7-17)11(6-9)10-2-1-3-12(15)13(10)16/h1-6H,7,17H2. The van der Waals surface area contributed by atoms with Gasteiger partial charge in [0.25, 0.3) is 0 Å². The van der Waals surface area contributed by atoms with E-state index in [1.807, 2.05) is 30.3 Å². The van der Waals surface area contributed by atoms with Crippen LogP contribution in [0.15, 0.2) is 36.4 Å². The van der Waals surface area contributed by atoms with Crippen molar-refractivity contribution in [2.75, 3.05) is 0 Å². The molecule has 2 aromatic rings. The molecule has 0 spiro atoms. The third-order valence-corrected chi connectivity index (χ3v) is 3.59. The normalized spacial score (nSPS) is 10.6. The molecule has 0 fully saturated rings. The van der Waals surface area contributed by atoms with Gasteiger partial charge < -0.3 is 5.73 Å². The van der Waals surface area contributed by atoms with Crippen LogP contribution in [-0.2, 0) is 6.54 Å². The zero-order chi connectivity index (χ0) is 12.4. The summed E-state index contributed by atoms with van der Waals surface area (Å²) >= 11 is 18.2. The molecule has 0 unspecified atom stereocenters. The van der Waals surface area contributed by atoms with Crippen molar-refractivity contribution in [1.29, 1.82) is 0 Å². The van der Waals surface area contributed by atoms with Crippen LogP contribution in [0.25, 0.3) is 11.1 Å². The van der Waals surface area contributed by atoms with Crippen LogP contribution in [0.4, 0.5) is 0 Å². The molecule has 0 bridgehead atoms. The van der Waals surface area contributed by atoms with Gasteiger partial charge in [0, 0.05) is 17.1 Å². The van der Waals surface area contributed by atoms with Crippen LogP contribution >= 0.6 is 34.8 Å². The van der Waals surface area contributed by atoms with E-state index in [1.165, 1.54) is 0 Å². The number of hydrogen-bond donors (Lipinski definition) is 1. The summed E-state index contributed by atoms with van der Waals surface area (Å²) in [7, 11) is 0. The summed E-state index contributed by atoms with van der Waals surface area (Å²) in [5.41, 5.74) is 8.46. The first kappa shape index (κ1) is 12.7. The predicted octanol–water partition coefficient (Wildman–Crippen LogP) is 4.77. The highest BCUT2D eigenvalue weighted by molar-refractivity contribution is 6.43. The Hall–Kier alpha value is -0.730. The first-order valence-electron chi connectivity index (χ1n) is 5.06. The molecule has 2 rings (SSSR count). The van der Waals surface area contributed by atoms with E-state index in [9.17, 15) is 0 Å². The van der Waals surface area contributed by atoms with E-state index in [4.69, 9.17) is 40.5 Å². The lowest BCUT2D eigenvalue weighted by Crippen LogP contribution is -1.99. The molecule has 0 aromatic heterocycles. The summed E-state index contributed by atoms with van der Waals surface area (Å²) in [6, 6.07) is 11.1. The van der Waals surface area contributed by atoms with Crippen molar-refractivity contribution in [3.8, 4) is 11.1 Å². The Morgan fingerprint density at radius 3 is 2.41 bits per heavy atom. The van der Waals surface area contributed by atoms with Gasteiger partial charge in [-0.1, -0.05) is 53.0 Å². The summed E-state index contributed by atoms with van der Waals surface area (Å²) in [4.78, 5) is 0. The SMILES string of the molecule is NCc1ccc(Cl)cc1-c1cccc(Cl)c1Cl. The minimum absolute atomic E-state index is 0.426. The Bertz CT molecular complexity index is 552. The number of rotatable bonds is 2. The number of benzene rings is 2. The quantitative estimate of drug-likeness (QED) is 0.845. The van der Waals surface area contributed by atoms with Crippen molar-refractivity contribution in [2.24, 2.45) is 5.73 Å². The first-order chi connectivity index (χ1) is 8.13. The summed E-state index contributed by atoms with van der Waals surface area (Å²) in [6.07, 6.45) is 0. The van der Waals surface area contributed by atoms with Crippen LogP contribution in [0.3, 0.4) is 0 Å². The van der Waals surface area contributed by atoms with Crippen molar-refractivity contribution < 1.29 is 0 Å². The molecule has 0 aliphatic rings. The zero-order valence-corrected chi connectivity index (χ0v) is 11.2. The van der Waals surface area contributed by atoms with Gasteiger partial charge >= 0.3 is 0 Å². The molecule has 2 N–H and O–H groups in total. The molecule has 0 radical (unpaired) electrons. The Balaban J connectivity index is 2.67. The molecule has 17 heavy (non-hydrogen) atoms. The molecule has 4 heteroatoms. The van der Waals surface area contributed by atoms with Gasteiger partial charge in [-0.2, -0.15) is 0 Å². The van der Waals surface area contributed by atoms with E-state index < -0.39 is 0 Å². The summed E-state index contributed by atoms with van der Waals surface area (Å²) in [6.45, 7) is 0.426. The van der Waals surface area contributed by atoms with Crippen molar-refractivity contribution in [3.63, 3.8) is 0 Å². The van der Waals surface area contributed by atoms with Crippen molar-refractivity contribution >= 4 is 34.8 Å². The number of hydrogen-bond acceptors (Lipinski definition) is 1. The van der Waals surface area contributed by atoms with E-state index in [2.05, 4.69) is 0 Å². The monoisotopic (exact) mass is 285 g/mol. The van der Waals surface area contributed by atoms with Gasteiger partial charge in [0.05, 0.1) is 10.0 Å². The van der Waals surface area contributed by atoms with Gasteiger partial charge in [-0.25, -0.2) is 0 Å². The van der Waals surface area contributed by atoms with Gasteiger partial charge in [0.15, 0.2) is 0 Å². The third-order valence-electron chi connectivity index (χ3n) is 2.53. The highest BCUT2D eigenvalue weighted by Gasteiger charge is 2.10. The van der Waals surface area contributed by atoms with Gasteiger partial charge in [-0.05, 0) is 29.3 Å². The summed E-state index contributed by atoms with van der Waals surface area (Å²) in [5.74, 6) is 0. The van der Waals surface area contributed by atoms with Crippen LogP contribution in [0.5, 0.6) is 0 Å². The highest BCUT2D eigenvalue weighted by atomic mass is 35.5. The average molecular weight is 287 g/mol. The van der Waals surface area contributed by atoms with E-state index >= 15 is 0 Å². The van der Waals surface area contributed by atoms with Crippen LogP contribution in [0.1, 0.15) is 5.56 Å². The molecular weight excluding hydrogens is 277 g/mol. The van der Waals surface area contributed by atoms with E-state index in [0.29, 0.717) is 21.6 Å². The minimum Gasteiger partial charge on any atom is -0.326 e. The molecule has 0 aliphatic heterocycles. The second-order valence-corrected chi connectivity index (χ2v) is 4.83. The molecular formula is C13H10Cl3N. The Labute approximate surface area is 115 Å². The lowest BCUT2D eigenvalue weighted by atomic mass is 10.00. The maximum absolute atomic E-state index is 6.19. The van der Waals surface area contributed by atoms with Crippen LogP contribution < -0.4 is 5.73 Å². The Morgan fingerprint density at radius 2 is 1.71 bits per heavy atom. The average Bonchev–Trinajstić information content (AvgIpc) is 2.33. The maximum atomic E-state index is 6.19. The van der Waals surface area contributed by atoms with Crippen molar-refractivity contribution in [2.45, 2.75) is 6.54 Å². The highest BCUT2D eigenvalue weighted by Crippen LogP contribution is 2.36. The van der Waals surface area contributed by atoms with Gasteiger partial charge in [-0.3, -0.25) is 0 Å². The molecule has 0 atom stereocenters. The third kappa shape index (κ3) is 2.58. The molecule has 0 saturated carbocycles. The van der Waals surface area contributed by atoms with Gasteiger partial charge in [0.1, 0.15) is 0 Å². The maximum Gasteiger partial charge on any atom is 0.0670 e. The fourth-order valence-corrected chi connectivity index (χ4v) is 2.26. The molecule has 0 heterocycles. The molecule has 0 aliphatic carbocycles. The van der Waals surface area contributed by atoms with E-state index in [0.717, 1.165) is 16.7 Å². The molecule has 0 amide bonds. The first-order valence-corrected chi connectivity index (χ1v) is 6.19. The fraction of sp³-hybridized carbons (Fsp3) is 0.0769. The van der Waals surface area contributed by atoms with E-state index in [1.54, 1.807) is 6.07 Å². The second-order valence-electron chi connectivity index (χ2n) is 3.61. The lowest BCUT2D eigenvalue weighted by Gasteiger charge is -2.11. The topological polar surface area (TPSA) is 26.0 Å². The van der Waals surface area contributed by atoms with Crippen LogP contribution in [0.2, 0.25) is 15.1 Å². The zero-order valence-electron chi connectivity index (χ0n) is 8.88. The van der Waals surface area contributed by atoms with Crippen LogP contribution in [0, 0.1) is 0 Å². The number of halogens is 3. The fourth-order valence-electron chi connectivity index (χ4n) is 1.69. The second kappa shape index (κ2) is 5.28. The largest absolute Gasteiger partial charge is 0.326 e. The smallest absolute Gasteiger partial charge is 0.0670 e. The van der Waals surface area contributed by atoms with Crippen molar-refractivity contribution in [3.05, 3.63) is 57.0 Å². The van der Waals surface area contributed by atoms with Gasteiger partial charge in [-0.15, -0.1) is 0 Å². The Kier molecular flexibility index (Phi) is 3.95. The molecule has 1 nitrogen and oxygen atoms in total. The Morgan fingerprint density at radius 1 is 0.941 bits per heavy atom. The van der Waals surface area contributed by atoms with E-state index in [-0.39, 0.29) is 0 Å². The van der Waals surface area contributed by atoms with Crippen molar-refractivity contribution in [1.82, 2.24) is 0 Å². The summed E-state index contributed by atoms with van der Waals surface area (Å²) in [5, 5.41) is 1.69. The predicted molar refractivity (Wildman–Crippen MR) is 74.8 cm³/mol. The molecule has 0 saturated heterocycles. The summed E-state index contributed by atoms with van der Waals surface area (Å²) < 4.78 is 0. The van der Waals surface area contributed by atoms with Crippen LogP contribution in [-0.4, -0.2) is 0 Å². The van der Waals surface area contributed by atoms with Gasteiger partial charge in [0.2, 0.25) is 0 Å². The number of nitrogens with two attached hydrogens (primary N) is 1.